The number of halogens is 3. The molecule has 0 N–H and O–H groups in total. The third-order valence-corrected chi connectivity index (χ3v) is 3.35. The van der Waals surface area contributed by atoms with Crippen molar-refractivity contribution in [3.63, 3.8) is 0 Å². The van der Waals surface area contributed by atoms with Gasteiger partial charge in [-0.3, -0.25) is 4.79 Å². The molecular weight excluding hydrogens is 302 g/mol. The van der Waals surface area contributed by atoms with Crippen LogP contribution < -0.4 is 0 Å². The fraction of sp³-hybridized carbons (Fsp3) is 0. The Morgan fingerprint density at radius 3 is 2.50 bits per heavy atom. The van der Waals surface area contributed by atoms with Gasteiger partial charge in [-0.1, -0.05) is 23.2 Å². The highest BCUT2D eigenvalue weighted by Gasteiger charge is 2.18. The average molecular weight is 309 g/mol. The number of benzene rings is 2. The number of furan rings is 1. The van der Waals surface area contributed by atoms with Crippen LogP contribution in [0.2, 0.25) is 10.0 Å². The third kappa shape index (κ3) is 2.30. The molecule has 5 heteroatoms. The van der Waals surface area contributed by atoms with Crippen molar-refractivity contribution >= 4 is 40.0 Å². The summed E-state index contributed by atoms with van der Waals surface area (Å²) in [6, 6.07) is 10.3. The molecule has 0 saturated heterocycles. The molecule has 0 aliphatic heterocycles. The largest absolute Gasteiger partial charge is 0.453 e. The molecule has 0 amide bonds. The van der Waals surface area contributed by atoms with E-state index in [1.165, 1.54) is 18.2 Å². The maximum Gasteiger partial charge on any atom is 0.231 e. The minimum absolute atomic E-state index is 0.0448. The maximum absolute atomic E-state index is 13.7. The Hall–Kier alpha value is -1.84. The first kappa shape index (κ1) is 13.2. The summed E-state index contributed by atoms with van der Waals surface area (Å²) in [5, 5.41) is 1.50. The number of hydrogen-bond donors (Lipinski definition) is 0. The summed E-state index contributed by atoms with van der Waals surface area (Å²) in [4.78, 5) is 12.2. The molecule has 0 saturated carbocycles. The molecule has 20 heavy (non-hydrogen) atoms. The summed E-state index contributed by atoms with van der Waals surface area (Å²) in [5.74, 6) is -1.15. The van der Waals surface area contributed by atoms with Gasteiger partial charge in [0.1, 0.15) is 11.4 Å². The van der Waals surface area contributed by atoms with Crippen LogP contribution in [0.3, 0.4) is 0 Å². The van der Waals surface area contributed by atoms with E-state index in [9.17, 15) is 9.18 Å². The second kappa shape index (κ2) is 4.93. The van der Waals surface area contributed by atoms with Crippen molar-refractivity contribution < 1.29 is 13.6 Å². The van der Waals surface area contributed by atoms with Crippen LogP contribution in [0.5, 0.6) is 0 Å². The minimum Gasteiger partial charge on any atom is -0.453 e. The topological polar surface area (TPSA) is 30.2 Å². The highest BCUT2D eigenvalue weighted by molar-refractivity contribution is 6.31. The lowest BCUT2D eigenvalue weighted by atomic mass is 10.1. The number of hydrogen-bond acceptors (Lipinski definition) is 2. The first-order chi connectivity index (χ1) is 9.54. The Bertz CT molecular complexity index is 824. The number of carbonyl (C=O) groups is 1. The Labute approximate surface area is 123 Å². The summed E-state index contributed by atoms with van der Waals surface area (Å²) in [7, 11) is 0. The molecule has 0 aliphatic carbocycles. The monoisotopic (exact) mass is 308 g/mol. The van der Waals surface area contributed by atoms with Crippen LogP contribution in [0.25, 0.3) is 11.0 Å². The standard InChI is InChI=1S/C15H7Cl2FO2/c16-9-2-4-13-8(5-9)6-14(20-13)15(19)11-7-10(17)1-3-12(11)18/h1-7H. The molecule has 3 aromatic rings. The number of ketones is 1. The Kier molecular flexibility index (Phi) is 3.24. The predicted octanol–water partition coefficient (Wildman–Crippen LogP) is 5.11. The van der Waals surface area contributed by atoms with Gasteiger partial charge in [-0.05, 0) is 42.5 Å². The Balaban J connectivity index is 2.10. The van der Waals surface area contributed by atoms with E-state index in [1.807, 2.05) is 0 Å². The van der Waals surface area contributed by atoms with Gasteiger partial charge in [-0.2, -0.15) is 0 Å². The van der Waals surface area contributed by atoms with Crippen molar-refractivity contribution in [3.05, 3.63) is 69.7 Å². The average Bonchev–Trinajstić information content (AvgIpc) is 2.83. The van der Waals surface area contributed by atoms with Crippen molar-refractivity contribution in [1.82, 2.24) is 0 Å². The van der Waals surface area contributed by atoms with Gasteiger partial charge in [0.25, 0.3) is 0 Å². The molecule has 1 aromatic heterocycles. The second-order valence-corrected chi connectivity index (χ2v) is 5.12. The van der Waals surface area contributed by atoms with Crippen LogP contribution in [0.4, 0.5) is 4.39 Å². The predicted molar refractivity (Wildman–Crippen MR) is 76.1 cm³/mol. The van der Waals surface area contributed by atoms with Gasteiger partial charge in [0, 0.05) is 15.4 Å². The fourth-order valence-corrected chi connectivity index (χ4v) is 2.28. The Morgan fingerprint density at radius 2 is 1.70 bits per heavy atom. The molecule has 2 aromatic carbocycles. The molecule has 2 nitrogen and oxygen atoms in total. The van der Waals surface area contributed by atoms with Crippen molar-refractivity contribution in [2.45, 2.75) is 0 Å². The van der Waals surface area contributed by atoms with Crippen LogP contribution in [0.15, 0.2) is 46.9 Å². The zero-order chi connectivity index (χ0) is 14.3. The maximum atomic E-state index is 13.7. The summed E-state index contributed by atoms with van der Waals surface area (Å²) >= 11 is 11.6. The van der Waals surface area contributed by atoms with Crippen LogP contribution in [-0.4, -0.2) is 5.78 Å². The lowest BCUT2D eigenvalue weighted by Gasteiger charge is -2.00. The van der Waals surface area contributed by atoms with Gasteiger partial charge in [0.15, 0.2) is 5.76 Å². The zero-order valence-electron chi connectivity index (χ0n) is 9.99. The molecule has 0 bridgehead atoms. The molecule has 0 atom stereocenters. The van der Waals surface area contributed by atoms with E-state index >= 15 is 0 Å². The lowest BCUT2D eigenvalue weighted by Crippen LogP contribution is -2.02. The van der Waals surface area contributed by atoms with Crippen LogP contribution in [0.1, 0.15) is 16.1 Å². The van der Waals surface area contributed by atoms with Gasteiger partial charge in [0.05, 0.1) is 5.56 Å². The van der Waals surface area contributed by atoms with Crippen molar-refractivity contribution in [2.24, 2.45) is 0 Å². The zero-order valence-corrected chi connectivity index (χ0v) is 11.5. The first-order valence-electron chi connectivity index (χ1n) is 5.73. The van der Waals surface area contributed by atoms with Crippen LogP contribution in [0, 0.1) is 5.82 Å². The summed E-state index contributed by atoms with van der Waals surface area (Å²) in [6.07, 6.45) is 0. The van der Waals surface area contributed by atoms with E-state index in [4.69, 9.17) is 27.6 Å². The van der Waals surface area contributed by atoms with E-state index in [0.29, 0.717) is 16.0 Å². The quantitative estimate of drug-likeness (QED) is 0.616. The molecule has 0 unspecified atom stereocenters. The lowest BCUT2D eigenvalue weighted by molar-refractivity contribution is 0.101. The number of rotatable bonds is 2. The molecule has 3 rings (SSSR count). The molecule has 100 valence electrons. The molecule has 0 aliphatic rings. The van der Waals surface area contributed by atoms with Crippen LogP contribution in [-0.2, 0) is 0 Å². The van der Waals surface area contributed by atoms with E-state index in [2.05, 4.69) is 0 Å². The number of fused-ring (bicyclic) bond motifs is 1. The smallest absolute Gasteiger partial charge is 0.231 e. The third-order valence-electron chi connectivity index (χ3n) is 2.88. The van der Waals surface area contributed by atoms with Crippen LogP contribution >= 0.6 is 23.2 Å². The van der Waals surface area contributed by atoms with Gasteiger partial charge < -0.3 is 4.42 Å². The molecule has 0 radical (unpaired) electrons. The van der Waals surface area contributed by atoms with E-state index in [1.54, 1.807) is 18.2 Å². The summed E-state index contributed by atoms with van der Waals surface area (Å²) in [6.45, 7) is 0. The van der Waals surface area contributed by atoms with E-state index in [0.717, 1.165) is 6.07 Å². The molecular formula is C15H7Cl2FO2. The van der Waals surface area contributed by atoms with Crippen molar-refractivity contribution in [1.29, 1.82) is 0 Å². The first-order valence-corrected chi connectivity index (χ1v) is 6.49. The van der Waals surface area contributed by atoms with Gasteiger partial charge >= 0.3 is 0 Å². The van der Waals surface area contributed by atoms with E-state index in [-0.39, 0.29) is 16.3 Å². The van der Waals surface area contributed by atoms with Gasteiger partial charge in [0.2, 0.25) is 5.78 Å². The normalized spacial score (nSPS) is 10.9. The summed E-state index contributed by atoms with van der Waals surface area (Å²) in [5.41, 5.74) is 0.392. The molecule has 0 fully saturated rings. The Morgan fingerprint density at radius 1 is 1.00 bits per heavy atom. The fourth-order valence-electron chi connectivity index (χ4n) is 1.93. The highest BCUT2D eigenvalue weighted by atomic mass is 35.5. The summed E-state index contributed by atoms with van der Waals surface area (Å²) < 4.78 is 19.1. The second-order valence-electron chi connectivity index (χ2n) is 4.25. The SMILES string of the molecule is O=C(c1cc2cc(Cl)ccc2o1)c1cc(Cl)ccc1F. The highest BCUT2D eigenvalue weighted by Crippen LogP contribution is 2.26. The minimum atomic E-state index is -0.641. The molecule has 0 spiro atoms. The van der Waals surface area contributed by atoms with Gasteiger partial charge in [-0.25, -0.2) is 4.39 Å². The molecule has 1 heterocycles. The van der Waals surface area contributed by atoms with E-state index < -0.39 is 11.6 Å². The van der Waals surface area contributed by atoms with Gasteiger partial charge in [-0.15, -0.1) is 0 Å². The van der Waals surface area contributed by atoms with Crippen molar-refractivity contribution in [2.75, 3.05) is 0 Å². The number of carbonyl (C=O) groups excluding carboxylic acids is 1. The van der Waals surface area contributed by atoms with Crippen molar-refractivity contribution in [3.8, 4) is 0 Å².